The fourth-order valence-corrected chi connectivity index (χ4v) is 9.45. The first-order valence-electron chi connectivity index (χ1n) is 20.6. The highest BCUT2D eigenvalue weighted by molar-refractivity contribution is 6.30. The van der Waals surface area contributed by atoms with E-state index in [-0.39, 0.29) is 0 Å². The molecule has 0 amide bonds. The van der Waals surface area contributed by atoms with Gasteiger partial charge in [-0.1, -0.05) is 170 Å². The molecular weight excluding hydrogens is 727 g/mol. The first kappa shape index (κ1) is 34.1. The van der Waals surface area contributed by atoms with Crippen molar-refractivity contribution in [2.75, 3.05) is 4.90 Å². The second kappa shape index (κ2) is 13.9. The van der Waals surface area contributed by atoms with Crippen LogP contribution in [0.25, 0.3) is 98.4 Å². The number of rotatable bonds is 6. The predicted octanol–water partition coefficient (Wildman–Crippen LogP) is 16.7. The maximum Gasteiger partial charge on any atom is 0.136 e. The van der Waals surface area contributed by atoms with Crippen LogP contribution < -0.4 is 4.90 Å². The Hall–Kier alpha value is -7.94. The van der Waals surface area contributed by atoms with Gasteiger partial charge in [0, 0.05) is 27.8 Å². The van der Waals surface area contributed by atoms with Crippen molar-refractivity contribution < 1.29 is 4.42 Å². The molecule has 0 spiro atoms. The topological polar surface area (TPSA) is 16.4 Å². The SMILES string of the molecule is c1ccc(-c2ccc(N(c3cccc(-c4cc5ccc6ccccc6c5c5c4ccc4ccccc45)c3)c3cccc(-c4cccc5oc6ccccc6c45)c3)cc2)cc1. The number of fused-ring (bicyclic) bond motifs is 10. The maximum atomic E-state index is 6.33. The molecule has 12 aromatic rings. The van der Waals surface area contributed by atoms with Crippen molar-refractivity contribution in [1.82, 2.24) is 0 Å². The molecule has 11 aromatic carbocycles. The highest BCUT2D eigenvalue weighted by Crippen LogP contribution is 2.45. The minimum atomic E-state index is 0.892. The van der Waals surface area contributed by atoms with Gasteiger partial charge in [0.25, 0.3) is 0 Å². The molecule has 2 nitrogen and oxygen atoms in total. The predicted molar refractivity (Wildman–Crippen MR) is 255 cm³/mol. The molecule has 1 heterocycles. The molecule has 0 fully saturated rings. The van der Waals surface area contributed by atoms with E-state index in [1.54, 1.807) is 0 Å². The van der Waals surface area contributed by atoms with Crippen LogP contribution >= 0.6 is 0 Å². The largest absolute Gasteiger partial charge is 0.456 e. The second-order valence-electron chi connectivity index (χ2n) is 15.6. The molecule has 0 atom stereocenters. The molecule has 0 saturated heterocycles. The van der Waals surface area contributed by atoms with Gasteiger partial charge in [0.15, 0.2) is 0 Å². The van der Waals surface area contributed by atoms with Gasteiger partial charge in [0.1, 0.15) is 11.2 Å². The zero-order valence-corrected chi connectivity index (χ0v) is 32.7. The molecule has 2 heteroatoms. The molecule has 0 N–H and O–H groups in total. The molecule has 0 saturated carbocycles. The van der Waals surface area contributed by atoms with E-state index in [1.807, 2.05) is 12.1 Å². The molecule has 0 aliphatic heterocycles. The van der Waals surface area contributed by atoms with Crippen LogP contribution in [0.2, 0.25) is 0 Å². The summed E-state index contributed by atoms with van der Waals surface area (Å²) in [5.74, 6) is 0. The number of anilines is 3. The molecule has 12 rings (SSSR count). The number of hydrogen-bond acceptors (Lipinski definition) is 2. The molecule has 0 aliphatic rings. The van der Waals surface area contributed by atoms with E-state index in [0.29, 0.717) is 0 Å². The van der Waals surface area contributed by atoms with Gasteiger partial charge in [0.05, 0.1) is 0 Å². The fourth-order valence-electron chi connectivity index (χ4n) is 9.45. The van der Waals surface area contributed by atoms with Crippen LogP contribution in [0.3, 0.4) is 0 Å². The number of para-hydroxylation sites is 1. The van der Waals surface area contributed by atoms with E-state index in [0.717, 1.165) is 50.1 Å². The maximum absolute atomic E-state index is 6.33. The van der Waals surface area contributed by atoms with Crippen LogP contribution in [0.4, 0.5) is 17.1 Å². The molecule has 0 unspecified atom stereocenters. The number of nitrogens with zero attached hydrogens (tertiary/aromatic N) is 1. The van der Waals surface area contributed by atoms with Crippen molar-refractivity contribution in [2.24, 2.45) is 0 Å². The van der Waals surface area contributed by atoms with Crippen LogP contribution in [0.5, 0.6) is 0 Å². The normalized spacial score (nSPS) is 11.7. The Morgan fingerprint density at radius 1 is 0.267 bits per heavy atom. The summed E-state index contributed by atoms with van der Waals surface area (Å²) in [5.41, 5.74) is 12.1. The van der Waals surface area contributed by atoms with Crippen molar-refractivity contribution >= 4 is 82.1 Å². The van der Waals surface area contributed by atoms with Crippen LogP contribution in [0.15, 0.2) is 229 Å². The van der Waals surface area contributed by atoms with Crippen molar-refractivity contribution in [3.8, 4) is 33.4 Å². The Balaban J connectivity index is 1.07. The number of furan rings is 1. The van der Waals surface area contributed by atoms with Crippen molar-refractivity contribution in [1.29, 1.82) is 0 Å². The van der Waals surface area contributed by atoms with Gasteiger partial charge in [-0.05, 0) is 131 Å². The summed E-state index contributed by atoms with van der Waals surface area (Å²) in [5, 5.41) is 12.4. The van der Waals surface area contributed by atoms with Gasteiger partial charge in [-0.2, -0.15) is 0 Å². The lowest BCUT2D eigenvalue weighted by Crippen LogP contribution is -2.10. The third-order valence-electron chi connectivity index (χ3n) is 12.2. The van der Waals surface area contributed by atoms with E-state index in [1.165, 1.54) is 65.3 Å². The minimum absolute atomic E-state index is 0.892. The monoisotopic (exact) mass is 763 g/mol. The highest BCUT2D eigenvalue weighted by atomic mass is 16.3. The Morgan fingerprint density at radius 3 is 1.57 bits per heavy atom. The van der Waals surface area contributed by atoms with Crippen molar-refractivity contribution in [2.45, 2.75) is 0 Å². The molecule has 0 radical (unpaired) electrons. The lowest BCUT2D eigenvalue weighted by Gasteiger charge is -2.27. The van der Waals surface area contributed by atoms with Crippen molar-refractivity contribution in [3.63, 3.8) is 0 Å². The molecule has 0 aliphatic carbocycles. The second-order valence-corrected chi connectivity index (χ2v) is 15.6. The number of hydrogen-bond donors (Lipinski definition) is 0. The van der Waals surface area contributed by atoms with Crippen LogP contribution in [0.1, 0.15) is 0 Å². The number of benzene rings is 11. The first-order valence-corrected chi connectivity index (χ1v) is 20.6. The molecule has 60 heavy (non-hydrogen) atoms. The van der Waals surface area contributed by atoms with E-state index in [9.17, 15) is 0 Å². The lowest BCUT2D eigenvalue weighted by molar-refractivity contribution is 0.669. The third kappa shape index (κ3) is 5.57. The standard InChI is InChI=1S/C58H37NO/c1-2-13-38(14-3-1)39-29-32-45(33-30-39)59(46-19-10-17-42(35-46)50-24-12-26-55-57(50)52-23-8-9-25-54(52)60-55)47-20-11-18-43(36-47)53-37-44-28-27-40-15-4-6-21-48(40)56(44)58-49-22-7-5-16-41(49)31-34-51(53)58/h1-37H. The summed E-state index contributed by atoms with van der Waals surface area (Å²) in [6.45, 7) is 0. The Morgan fingerprint density at radius 2 is 0.817 bits per heavy atom. The van der Waals surface area contributed by atoms with Gasteiger partial charge < -0.3 is 9.32 Å². The summed E-state index contributed by atoms with van der Waals surface area (Å²) in [6.07, 6.45) is 0. The fraction of sp³-hybridized carbons (Fsp3) is 0. The zero-order valence-electron chi connectivity index (χ0n) is 32.7. The quantitative estimate of drug-likeness (QED) is 0.157. The first-order chi connectivity index (χ1) is 29.7. The smallest absolute Gasteiger partial charge is 0.136 e. The van der Waals surface area contributed by atoms with Crippen molar-refractivity contribution in [3.05, 3.63) is 224 Å². The van der Waals surface area contributed by atoms with E-state index in [4.69, 9.17) is 4.42 Å². The van der Waals surface area contributed by atoms with Gasteiger partial charge >= 0.3 is 0 Å². The summed E-state index contributed by atoms with van der Waals surface area (Å²) in [6, 6.07) is 81.3. The molecule has 280 valence electrons. The highest BCUT2D eigenvalue weighted by Gasteiger charge is 2.19. The van der Waals surface area contributed by atoms with Gasteiger partial charge in [-0.3, -0.25) is 0 Å². The Bertz CT molecular complexity index is 3600. The summed E-state index contributed by atoms with van der Waals surface area (Å²) in [4.78, 5) is 2.39. The van der Waals surface area contributed by atoms with E-state index >= 15 is 0 Å². The summed E-state index contributed by atoms with van der Waals surface area (Å²) >= 11 is 0. The minimum Gasteiger partial charge on any atom is -0.456 e. The van der Waals surface area contributed by atoms with Gasteiger partial charge in [-0.15, -0.1) is 0 Å². The molecule has 1 aromatic heterocycles. The van der Waals surface area contributed by atoms with Crippen LogP contribution in [0, 0.1) is 0 Å². The summed E-state index contributed by atoms with van der Waals surface area (Å²) in [7, 11) is 0. The average Bonchev–Trinajstić information content (AvgIpc) is 3.71. The van der Waals surface area contributed by atoms with Gasteiger partial charge in [-0.25, -0.2) is 0 Å². The van der Waals surface area contributed by atoms with Gasteiger partial charge in [0.2, 0.25) is 0 Å². The molecule has 0 bridgehead atoms. The summed E-state index contributed by atoms with van der Waals surface area (Å²) < 4.78 is 6.33. The Labute approximate surface area is 347 Å². The zero-order chi connectivity index (χ0) is 39.6. The Kier molecular flexibility index (Phi) is 7.89. The van der Waals surface area contributed by atoms with Crippen LogP contribution in [-0.4, -0.2) is 0 Å². The van der Waals surface area contributed by atoms with Crippen LogP contribution in [-0.2, 0) is 0 Å². The molecular formula is C58H37NO. The average molecular weight is 764 g/mol. The third-order valence-corrected chi connectivity index (χ3v) is 12.2. The van der Waals surface area contributed by atoms with E-state index < -0.39 is 0 Å². The van der Waals surface area contributed by atoms with E-state index in [2.05, 4.69) is 217 Å². The lowest BCUT2D eigenvalue weighted by atomic mass is 9.88.